The van der Waals surface area contributed by atoms with Crippen molar-refractivity contribution in [2.75, 3.05) is 6.61 Å². The third-order valence-corrected chi connectivity index (χ3v) is 2.25. The summed E-state index contributed by atoms with van der Waals surface area (Å²) in [5.41, 5.74) is 0. The van der Waals surface area contributed by atoms with E-state index in [0.29, 0.717) is 0 Å². The van der Waals surface area contributed by atoms with Gasteiger partial charge in [0.1, 0.15) is 24.4 Å². The second-order valence-corrected chi connectivity index (χ2v) is 3.20. The monoisotopic (exact) mass is 194 g/mol. The normalized spacial score (nSPS) is 48.0. The predicted octanol–water partition coefficient (Wildman–Crippen LogP) is -2.83. The summed E-state index contributed by atoms with van der Waals surface area (Å²) in [5.74, 6) is -2.20. The molecule has 0 amide bonds. The van der Waals surface area contributed by atoms with E-state index in [1.54, 1.807) is 0 Å². The van der Waals surface area contributed by atoms with E-state index in [9.17, 15) is 15.3 Å². The maximum Gasteiger partial charge on any atom is 0.221 e. The Kier molecular flexibility index (Phi) is 2.91. The van der Waals surface area contributed by atoms with Crippen LogP contribution in [0.25, 0.3) is 0 Å². The summed E-state index contributed by atoms with van der Waals surface area (Å²) < 4.78 is 4.74. The smallest absolute Gasteiger partial charge is 0.221 e. The van der Waals surface area contributed by atoms with E-state index in [-0.39, 0.29) is 0 Å². The molecule has 5 atom stereocenters. The Morgan fingerprint density at radius 3 is 2.23 bits per heavy atom. The van der Waals surface area contributed by atoms with Crippen molar-refractivity contribution in [3.8, 4) is 0 Å². The van der Waals surface area contributed by atoms with Gasteiger partial charge in [-0.05, 0) is 6.92 Å². The summed E-state index contributed by atoms with van der Waals surface area (Å²) in [7, 11) is 0. The average molecular weight is 194 g/mol. The van der Waals surface area contributed by atoms with Crippen molar-refractivity contribution in [2.24, 2.45) is 0 Å². The van der Waals surface area contributed by atoms with Crippen molar-refractivity contribution in [2.45, 2.75) is 37.1 Å². The summed E-state index contributed by atoms with van der Waals surface area (Å²) in [5, 5.41) is 45.8. The molecule has 5 N–H and O–H groups in total. The standard InChI is InChI=1S/C7H14O6/c1-3(9)7(12)6(11)5(10)4(2-8)13-7/h3-6,8-12H,2H2,1H3/t3?,4-,5-,6+,7-/m1/s1. The van der Waals surface area contributed by atoms with Gasteiger partial charge in [0.15, 0.2) is 0 Å². The second kappa shape index (κ2) is 3.49. The molecule has 13 heavy (non-hydrogen) atoms. The lowest BCUT2D eigenvalue weighted by Crippen LogP contribution is -2.51. The van der Waals surface area contributed by atoms with Crippen LogP contribution in [0.15, 0.2) is 0 Å². The Labute approximate surface area is 75.0 Å². The molecule has 0 aromatic heterocycles. The van der Waals surface area contributed by atoms with Gasteiger partial charge < -0.3 is 30.3 Å². The Balaban J connectivity index is 2.81. The van der Waals surface area contributed by atoms with Crippen molar-refractivity contribution in [3.63, 3.8) is 0 Å². The fourth-order valence-electron chi connectivity index (χ4n) is 1.32. The molecule has 1 heterocycles. The Hall–Kier alpha value is -0.240. The van der Waals surface area contributed by atoms with Gasteiger partial charge in [0.25, 0.3) is 0 Å². The first kappa shape index (κ1) is 10.8. The first-order chi connectivity index (χ1) is 5.93. The number of aliphatic hydroxyl groups excluding tert-OH is 4. The molecule has 0 saturated carbocycles. The Bertz CT molecular complexity index is 184. The van der Waals surface area contributed by atoms with Crippen molar-refractivity contribution in [3.05, 3.63) is 0 Å². The van der Waals surface area contributed by atoms with Crippen molar-refractivity contribution in [1.82, 2.24) is 0 Å². The van der Waals surface area contributed by atoms with Crippen LogP contribution in [0.3, 0.4) is 0 Å². The fourth-order valence-corrected chi connectivity index (χ4v) is 1.32. The van der Waals surface area contributed by atoms with Crippen LogP contribution in [-0.2, 0) is 4.74 Å². The molecule has 0 aromatic carbocycles. The average Bonchev–Trinajstić information content (AvgIpc) is 2.31. The molecule has 1 fully saturated rings. The van der Waals surface area contributed by atoms with Crippen LogP contribution in [-0.4, -0.2) is 62.3 Å². The minimum atomic E-state index is -2.20. The van der Waals surface area contributed by atoms with E-state index < -0.39 is 36.8 Å². The zero-order chi connectivity index (χ0) is 10.2. The molecule has 1 aliphatic rings. The minimum Gasteiger partial charge on any atom is -0.394 e. The number of hydrogen-bond acceptors (Lipinski definition) is 6. The molecule has 0 spiro atoms. The highest BCUT2D eigenvalue weighted by Gasteiger charge is 2.55. The highest BCUT2D eigenvalue weighted by molar-refractivity contribution is 4.97. The van der Waals surface area contributed by atoms with E-state index in [1.165, 1.54) is 6.92 Å². The molecular weight excluding hydrogens is 180 g/mol. The van der Waals surface area contributed by atoms with E-state index >= 15 is 0 Å². The van der Waals surface area contributed by atoms with E-state index in [1.807, 2.05) is 0 Å². The maximum atomic E-state index is 9.52. The van der Waals surface area contributed by atoms with Crippen LogP contribution < -0.4 is 0 Å². The lowest BCUT2D eigenvalue weighted by Gasteiger charge is -2.28. The van der Waals surface area contributed by atoms with Crippen LogP contribution >= 0.6 is 0 Å². The van der Waals surface area contributed by atoms with E-state index in [2.05, 4.69) is 0 Å². The van der Waals surface area contributed by atoms with E-state index in [4.69, 9.17) is 14.9 Å². The van der Waals surface area contributed by atoms with Gasteiger partial charge >= 0.3 is 0 Å². The molecule has 0 radical (unpaired) electrons. The molecule has 1 aliphatic heterocycles. The predicted molar refractivity (Wildman–Crippen MR) is 40.6 cm³/mol. The number of rotatable bonds is 2. The minimum absolute atomic E-state index is 0.534. The molecular formula is C7H14O6. The molecule has 1 rings (SSSR count). The molecule has 1 unspecified atom stereocenters. The first-order valence-corrected chi connectivity index (χ1v) is 3.98. The lowest BCUT2D eigenvalue weighted by molar-refractivity contribution is -0.273. The van der Waals surface area contributed by atoms with Crippen molar-refractivity contribution >= 4 is 0 Å². The summed E-state index contributed by atoms with van der Waals surface area (Å²) in [6, 6.07) is 0. The quantitative estimate of drug-likeness (QED) is 0.324. The Morgan fingerprint density at radius 1 is 1.46 bits per heavy atom. The lowest BCUT2D eigenvalue weighted by atomic mass is 10.0. The van der Waals surface area contributed by atoms with Gasteiger partial charge in [-0.3, -0.25) is 0 Å². The van der Waals surface area contributed by atoms with Gasteiger partial charge in [-0.2, -0.15) is 0 Å². The first-order valence-electron chi connectivity index (χ1n) is 3.98. The summed E-state index contributed by atoms with van der Waals surface area (Å²) in [6.45, 7) is 0.683. The molecule has 1 saturated heterocycles. The van der Waals surface area contributed by atoms with Gasteiger partial charge in [-0.1, -0.05) is 0 Å². The van der Waals surface area contributed by atoms with Crippen LogP contribution in [0.5, 0.6) is 0 Å². The van der Waals surface area contributed by atoms with Crippen LogP contribution in [0.1, 0.15) is 6.92 Å². The van der Waals surface area contributed by atoms with Gasteiger partial charge in [-0.15, -0.1) is 0 Å². The van der Waals surface area contributed by atoms with Crippen LogP contribution in [0.4, 0.5) is 0 Å². The zero-order valence-electron chi connectivity index (χ0n) is 7.16. The molecule has 6 nitrogen and oxygen atoms in total. The van der Waals surface area contributed by atoms with Crippen LogP contribution in [0.2, 0.25) is 0 Å². The van der Waals surface area contributed by atoms with E-state index in [0.717, 1.165) is 0 Å². The molecule has 0 bridgehead atoms. The van der Waals surface area contributed by atoms with Crippen molar-refractivity contribution < 1.29 is 30.3 Å². The second-order valence-electron chi connectivity index (χ2n) is 3.20. The number of hydrogen-bond donors (Lipinski definition) is 5. The molecule has 6 heteroatoms. The summed E-state index contributed by atoms with van der Waals surface area (Å²) >= 11 is 0. The highest BCUT2D eigenvalue weighted by atomic mass is 16.7. The Morgan fingerprint density at radius 2 is 2.00 bits per heavy atom. The topological polar surface area (TPSA) is 110 Å². The fraction of sp³-hybridized carbons (Fsp3) is 1.00. The zero-order valence-corrected chi connectivity index (χ0v) is 7.16. The molecule has 0 aliphatic carbocycles. The maximum absolute atomic E-state index is 9.52. The SMILES string of the molecule is CC(O)[C@@]1(O)O[C@H](CO)[C@@H](O)[C@@H]1O. The van der Waals surface area contributed by atoms with Gasteiger partial charge in [0, 0.05) is 0 Å². The summed E-state index contributed by atoms with van der Waals surface area (Å²) in [6.07, 6.45) is -5.45. The van der Waals surface area contributed by atoms with Crippen molar-refractivity contribution in [1.29, 1.82) is 0 Å². The molecule has 0 aromatic rings. The number of ether oxygens (including phenoxy) is 1. The number of aliphatic hydroxyl groups is 5. The van der Waals surface area contributed by atoms with Gasteiger partial charge in [0.05, 0.1) is 6.61 Å². The third kappa shape index (κ3) is 1.56. The molecule has 78 valence electrons. The van der Waals surface area contributed by atoms with Gasteiger partial charge in [0.2, 0.25) is 5.79 Å². The largest absolute Gasteiger partial charge is 0.394 e. The van der Waals surface area contributed by atoms with Crippen LogP contribution in [0, 0.1) is 0 Å². The summed E-state index contributed by atoms with van der Waals surface area (Å²) in [4.78, 5) is 0. The van der Waals surface area contributed by atoms with Gasteiger partial charge in [-0.25, -0.2) is 0 Å². The highest BCUT2D eigenvalue weighted by Crippen LogP contribution is 2.31. The third-order valence-electron chi connectivity index (χ3n) is 2.25.